The molecule has 4 aromatic rings. The molecule has 0 saturated carbocycles. The molecule has 1 aliphatic heterocycles. The van der Waals surface area contributed by atoms with Gasteiger partial charge in [-0.3, -0.25) is 18.8 Å². The lowest BCUT2D eigenvalue weighted by Crippen LogP contribution is -2.33. The van der Waals surface area contributed by atoms with Gasteiger partial charge in [-0.1, -0.05) is 24.3 Å². The van der Waals surface area contributed by atoms with Gasteiger partial charge in [0.15, 0.2) is 17.6 Å². The van der Waals surface area contributed by atoms with E-state index in [1.807, 2.05) is 30.3 Å². The number of rotatable bonds is 6. The van der Waals surface area contributed by atoms with Crippen LogP contribution in [0.2, 0.25) is 0 Å². The molecule has 2 aromatic carbocycles. The predicted octanol–water partition coefficient (Wildman–Crippen LogP) is 2.46. The normalized spacial score (nSPS) is 14.9. The first-order valence-electron chi connectivity index (χ1n) is 10.3. The van der Waals surface area contributed by atoms with Crippen molar-refractivity contribution >= 4 is 22.5 Å². The lowest BCUT2D eigenvalue weighted by Gasteiger charge is -2.26. The Labute approximate surface area is 183 Å². The average Bonchev–Trinajstić information content (AvgIpc) is 3.25. The minimum Gasteiger partial charge on any atom is -0.486 e. The van der Waals surface area contributed by atoms with Crippen LogP contribution >= 0.6 is 0 Å². The van der Waals surface area contributed by atoms with E-state index in [-0.39, 0.29) is 30.5 Å². The van der Waals surface area contributed by atoms with Gasteiger partial charge in [-0.2, -0.15) is 5.10 Å². The maximum Gasteiger partial charge on any atom is 0.261 e. The Kier molecular flexibility index (Phi) is 5.29. The van der Waals surface area contributed by atoms with Crippen molar-refractivity contribution in [1.29, 1.82) is 0 Å². The van der Waals surface area contributed by atoms with Crippen LogP contribution in [0.25, 0.3) is 10.9 Å². The number of amides is 1. The fraction of sp³-hybridized carbons (Fsp3) is 0.217. The van der Waals surface area contributed by atoms with E-state index in [9.17, 15) is 9.59 Å². The molecule has 162 valence electrons. The van der Waals surface area contributed by atoms with Crippen molar-refractivity contribution in [3.8, 4) is 11.5 Å². The number of benzene rings is 2. The molecule has 2 aromatic heterocycles. The fourth-order valence-corrected chi connectivity index (χ4v) is 3.60. The summed E-state index contributed by atoms with van der Waals surface area (Å²) in [6.45, 7) is 1.15. The molecular weight excluding hydrogens is 410 g/mol. The molecule has 3 heterocycles. The largest absolute Gasteiger partial charge is 0.486 e. The second-order valence-electron chi connectivity index (χ2n) is 7.51. The average molecular weight is 431 g/mol. The van der Waals surface area contributed by atoms with Crippen molar-refractivity contribution in [3.05, 3.63) is 77.6 Å². The fourth-order valence-electron chi connectivity index (χ4n) is 3.60. The van der Waals surface area contributed by atoms with Gasteiger partial charge >= 0.3 is 0 Å². The van der Waals surface area contributed by atoms with Crippen LogP contribution in [0, 0.1) is 0 Å². The number of hydrogen-bond acceptors (Lipinski definition) is 6. The van der Waals surface area contributed by atoms with Crippen LogP contribution in [0.3, 0.4) is 0 Å². The van der Waals surface area contributed by atoms with Gasteiger partial charge in [0.05, 0.1) is 35.7 Å². The molecule has 1 amide bonds. The van der Waals surface area contributed by atoms with Crippen molar-refractivity contribution in [3.63, 3.8) is 0 Å². The first-order valence-corrected chi connectivity index (χ1v) is 10.3. The number of aryl methyl sites for hydroxylation is 1. The Hall–Kier alpha value is -4.14. The number of aromatic nitrogens is 4. The quantitative estimate of drug-likeness (QED) is 0.503. The number of nitrogens with zero attached hydrogens (tertiary/aromatic N) is 4. The summed E-state index contributed by atoms with van der Waals surface area (Å²) in [5.41, 5.74) is 1.06. The number of anilines is 1. The topological polar surface area (TPSA) is 100 Å². The van der Waals surface area contributed by atoms with Crippen molar-refractivity contribution in [2.24, 2.45) is 0 Å². The number of hydrogen-bond donors (Lipinski definition) is 1. The lowest BCUT2D eigenvalue weighted by molar-refractivity contribution is -0.116. The minimum atomic E-state index is -0.212. The Morgan fingerprint density at radius 1 is 1.12 bits per heavy atom. The molecule has 1 N–H and O–H groups in total. The lowest BCUT2D eigenvalue weighted by atomic mass is 10.2. The molecule has 0 saturated heterocycles. The van der Waals surface area contributed by atoms with Crippen LogP contribution in [-0.2, 0) is 17.9 Å². The standard InChI is InChI=1S/C23H21N5O4/c29-22(9-10-27-15-24-19-6-2-1-5-18(19)23(27)30)26-16-11-25-28(12-16)13-17-14-31-20-7-3-4-8-21(20)32-17/h1-8,11-12,15,17H,9-10,13-14H2,(H,26,29)/t17-/m1/s1. The van der Waals surface area contributed by atoms with Gasteiger partial charge in [-0.15, -0.1) is 0 Å². The van der Waals surface area contributed by atoms with E-state index in [0.717, 1.165) is 5.75 Å². The number of fused-ring (bicyclic) bond motifs is 2. The van der Waals surface area contributed by atoms with E-state index in [2.05, 4.69) is 15.4 Å². The second kappa shape index (κ2) is 8.54. The molecule has 1 atom stereocenters. The van der Waals surface area contributed by atoms with Crippen molar-refractivity contribution in [2.45, 2.75) is 25.6 Å². The van der Waals surface area contributed by atoms with E-state index >= 15 is 0 Å². The number of para-hydroxylation sites is 3. The predicted molar refractivity (Wildman–Crippen MR) is 118 cm³/mol. The SMILES string of the molecule is O=C(CCn1cnc2ccccc2c1=O)Nc1cnn(C[C@@H]2COc3ccccc3O2)c1. The second-order valence-corrected chi connectivity index (χ2v) is 7.51. The van der Waals surface area contributed by atoms with Gasteiger partial charge in [0.1, 0.15) is 6.61 Å². The molecule has 0 bridgehead atoms. The van der Waals surface area contributed by atoms with Crippen LogP contribution in [0.5, 0.6) is 11.5 Å². The zero-order valence-electron chi connectivity index (χ0n) is 17.2. The molecule has 32 heavy (non-hydrogen) atoms. The summed E-state index contributed by atoms with van der Waals surface area (Å²) < 4.78 is 14.8. The summed E-state index contributed by atoms with van der Waals surface area (Å²) in [4.78, 5) is 29.2. The van der Waals surface area contributed by atoms with Gasteiger partial charge in [-0.25, -0.2) is 4.98 Å². The van der Waals surface area contributed by atoms with Crippen LogP contribution in [0.15, 0.2) is 72.0 Å². The summed E-state index contributed by atoms with van der Waals surface area (Å²) in [5.74, 6) is 1.23. The highest BCUT2D eigenvalue weighted by molar-refractivity contribution is 5.90. The van der Waals surface area contributed by atoms with Gasteiger partial charge in [0, 0.05) is 19.2 Å². The zero-order chi connectivity index (χ0) is 21.9. The van der Waals surface area contributed by atoms with Crippen molar-refractivity contribution < 1.29 is 14.3 Å². The van der Waals surface area contributed by atoms with E-state index < -0.39 is 0 Å². The Morgan fingerprint density at radius 3 is 2.84 bits per heavy atom. The maximum absolute atomic E-state index is 12.5. The van der Waals surface area contributed by atoms with Gasteiger partial charge < -0.3 is 14.8 Å². The summed E-state index contributed by atoms with van der Waals surface area (Å²) >= 11 is 0. The Bertz CT molecular complexity index is 1330. The highest BCUT2D eigenvalue weighted by Crippen LogP contribution is 2.31. The molecule has 9 heteroatoms. The Morgan fingerprint density at radius 2 is 1.94 bits per heavy atom. The number of carbonyl (C=O) groups excluding carboxylic acids is 1. The Balaban J connectivity index is 1.16. The number of ether oxygens (including phenoxy) is 2. The van der Waals surface area contributed by atoms with Crippen LogP contribution in [0.4, 0.5) is 5.69 Å². The molecule has 5 rings (SSSR count). The molecule has 0 fully saturated rings. The van der Waals surface area contributed by atoms with Gasteiger partial charge in [0.2, 0.25) is 5.91 Å². The minimum absolute atomic E-state index is 0.140. The van der Waals surface area contributed by atoms with Crippen LogP contribution in [-0.4, -0.2) is 37.9 Å². The van der Waals surface area contributed by atoms with E-state index in [1.165, 1.54) is 10.9 Å². The van der Waals surface area contributed by atoms with Crippen molar-refractivity contribution in [2.75, 3.05) is 11.9 Å². The molecular formula is C23H21N5O4. The van der Waals surface area contributed by atoms with Gasteiger partial charge in [-0.05, 0) is 24.3 Å². The summed E-state index contributed by atoms with van der Waals surface area (Å²) in [6.07, 6.45) is 4.76. The van der Waals surface area contributed by atoms with Crippen LogP contribution in [0.1, 0.15) is 6.42 Å². The van der Waals surface area contributed by atoms with E-state index in [0.29, 0.717) is 35.5 Å². The van der Waals surface area contributed by atoms with E-state index in [1.54, 1.807) is 35.3 Å². The third-order valence-corrected chi connectivity index (χ3v) is 5.19. The van der Waals surface area contributed by atoms with Crippen molar-refractivity contribution in [1.82, 2.24) is 19.3 Å². The summed E-state index contributed by atoms with van der Waals surface area (Å²) in [6, 6.07) is 14.7. The molecule has 0 spiro atoms. The molecule has 1 aliphatic rings. The third kappa shape index (κ3) is 4.18. The maximum atomic E-state index is 12.5. The first-order chi connectivity index (χ1) is 15.7. The number of nitrogens with one attached hydrogen (secondary N) is 1. The van der Waals surface area contributed by atoms with Gasteiger partial charge in [0.25, 0.3) is 5.56 Å². The smallest absolute Gasteiger partial charge is 0.261 e. The zero-order valence-corrected chi connectivity index (χ0v) is 17.2. The molecule has 0 aliphatic carbocycles. The highest BCUT2D eigenvalue weighted by Gasteiger charge is 2.21. The molecule has 9 nitrogen and oxygen atoms in total. The summed E-state index contributed by atoms with van der Waals surface area (Å²) in [5, 5.41) is 7.63. The monoisotopic (exact) mass is 431 g/mol. The van der Waals surface area contributed by atoms with Crippen LogP contribution < -0.4 is 20.3 Å². The van der Waals surface area contributed by atoms with E-state index in [4.69, 9.17) is 9.47 Å². The highest BCUT2D eigenvalue weighted by atomic mass is 16.6. The molecule has 0 radical (unpaired) electrons. The summed E-state index contributed by atoms with van der Waals surface area (Å²) in [7, 11) is 0. The first kappa shape index (κ1) is 19.8. The molecule has 0 unspecified atom stereocenters. The third-order valence-electron chi connectivity index (χ3n) is 5.19. The number of carbonyl (C=O) groups is 1.